The maximum absolute atomic E-state index is 12.1. The van der Waals surface area contributed by atoms with Gasteiger partial charge in [0.15, 0.2) is 15.6 Å². The predicted molar refractivity (Wildman–Crippen MR) is 85.1 cm³/mol. The van der Waals surface area contributed by atoms with Crippen LogP contribution in [0.4, 0.5) is 0 Å². The normalized spacial score (nSPS) is 11.2. The van der Waals surface area contributed by atoms with E-state index in [1.54, 1.807) is 19.1 Å². The minimum Gasteiger partial charge on any atom is -0.425 e. The lowest BCUT2D eigenvalue weighted by Crippen LogP contribution is -2.21. The summed E-state index contributed by atoms with van der Waals surface area (Å²) in [7, 11) is -3.75. The molecule has 2 rings (SSSR count). The van der Waals surface area contributed by atoms with Gasteiger partial charge in [0.2, 0.25) is 0 Å². The van der Waals surface area contributed by atoms with E-state index in [9.17, 15) is 13.2 Å². The Labute approximate surface area is 134 Å². The Morgan fingerprint density at radius 1 is 1.09 bits per heavy atom. The number of carbonyl (C=O) groups is 1. The van der Waals surface area contributed by atoms with Crippen LogP contribution in [-0.4, -0.2) is 20.1 Å². The van der Waals surface area contributed by atoms with Gasteiger partial charge >= 0.3 is 5.97 Å². The Bertz CT molecular complexity index is 795. The molecule has 0 saturated carbocycles. The van der Waals surface area contributed by atoms with Crippen molar-refractivity contribution in [2.24, 2.45) is 0 Å². The summed E-state index contributed by atoms with van der Waals surface area (Å²) in [5.41, 5.74) is 1.81. The van der Waals surface area contributed by atoms with Gasteiger partial charge in [-0.15, -0.1) is 0 Å². The molecule has 0 heterocycles. The van der Waals surface area contributed by atoms with Gasteiger partial charge in [0, 0.05) is 5.02 Å². The number of sulfone groups is 1. The predicted octanol–water partition coefficient (Wildman–Crippen LogP) is 3.34. The molecule has 0 amide bonds. The highest BCUT2D eigenvalue weighted by Gasteiger charge is 2.21. The third-order valence-electron chi connectivity index (χ3n) is 3.03. The van der Waals surface area contributed by atoms with E-state index in [-0.39, 0.29) is 4.90 Å². The summed E-state index contributed by atoms with van der Waals surface area (Å²) in [6.45, 7) is 3.72. The first-order chi connectivity index (χ1) is 10.3. The minimum atomic E-state index is -3.75. The second kappa shape index (κ2) is 6.50. The van der Waals surface area contributed by atoms with Crippen LogP contribution in [-0.2, 0) is 14.6 Å². The quantitative estimate of drug-likeness (QED) is 0.633. The number of carbonyl (C=O) groups excluding carboxylic acids is 1. The molecule has 116 valence electrons. The maximum Gasteiger partial charge on any atom is 0.326 e. The van der Waals surface area contributed by atoms with Crippen LogP contribution in [0.15, 0.2) is 47.4 Å². The molecule has 0 N–H and O–H groups in total. The Morgan fingerprint density at radius 2 is 1.73 bits per heavy atom. The van der Waals surface area contributed by atoms with Gasteiger partial charge in [-0.05, 0) is 49.7 Å². The third-order valence-corrected chi connectivity index (χ3v) is 4.89. The van der Waals surface area contributed by atoms with Crippen LogP contribution in [0.2, 0.25) is 5.02 Å². The summed E-state index contributed by atoms with van der Waals surface area (Å²) in [5.74, 6) is -1.18. The van der Waals surface area contributed by atoms with Gasteiger partial charge in [-0.3, -0.25) is 4.79 Å². The van der Waals surface area contributed by atoms with Crippen molar-refractivity contribution < 1.29 is 17.9 Å². The second-order valence-electron chi connectivity index (χ2n) is 4.96. The standard InChI is InChI=1S/C16H15ClO4S/c1-11-3-8-15(12(2)9-11)21-16(18)10-22(19,20)14-6-4-13(17)5-7-14/h3-9H,10H2,1-2H3. The van der Waals surface area contributed by atoms with Gasteiger partial charge in [-0.2, -0.15) is 0 Å². The average molecular weight is 339 g/mol. The molecule has 4 nitrogen and oxygen atoms in total. The van der Waals surface area contributed by atoms with E-state index in [1.807, 2.05) is 13.0 Å². The fraction of sp³-hybridized carbons (Fsp3) is 0.188. The summed E-state index contributed by atoms with van der Waals surface area (Å²) in [6, 6.07) is 11.0. The lowest BCUT2D eigenvalue weighted by Gasteiger charge is -2.08. The molecule has 0 aromatic heterocycles. The van der Waals surface area contributed by atoms with Crippen LogP contribution in [0.25, 0.3) is 0 Å². The Morgan fingerprint density at radius 3 is 2.32 bits per heavy atom. The van der Waals surface area contributed by atoms with E-state index in [1.165, 1.54) is 24.3 Å². The summed E-state index contributed by atoms with van der Waals surface area (Å²) in [5, 5.41) is 0.428. The number of esters is 1. The smallest absolute Gasteiger partial charge is 0.326 e. The number of ether oxygens (including phenoxy) is 1. The van der Waals surface area contributed by atoms with E-state index >= 15 is 0 Å². The van der Waals surface area contributed by atoms with E-state index in [4.69, 9.17) is 16.3 Å². The largest absolute Gasteiger partial charge is 0.425 e. The topological polar surface area (TPSA) is 60.4 Å². The Hall–Kier alpha value is -1.85. The van der Waals surface area contributed by atoms with Crippen molar-refractivity contribution in [1.82, 2.24) is 0 Å². The zero-order valence-electron chi connectivity index (χ0n) is 12.2. The number of aryl methyl sites for hydroxylation is 2. The van der Waals surface area contributed by atoms with Crippen LogP contribution in [0.3, 0.4) is 0 Å². The van der Waals surface area contributed by atoms with Gasteiger partial charge < -0.3 is 4.74 Å². The number of rotatable bonds is 4. The molecule has 0 saturated heterocycles. The molecule has 0 aliphatic heterocycles. The minimum absolute atomic E-state index is 0.0366. The first-order valence-electron chi connectivity index (χ1n) is 6.54. The van der Waals surface area contributed by atoms with Gasteiger partial charge in [-0.25, -0.2) is 8.42 Å². The SMILES string of the molecule is Cc1ccc(OC(=O)CS(=O)(=O)c2ccc(Cl)cc2)c(C)c1. The molecular formula is C16H15ClO4S. The molecule has 2 aromatic carbocycles. The van der Waals surface area contributed by atoms with E-state index in [0.29, 0.717) is 10.8 Å². The fourth-order valence-corrected chi connectivity index (χ4v) is 3.16. The number of hydrogen-bond donors (Lipinski definition) is 0. The van der Waals surface area contributed by atoms with Crippen molar-refractivity contribution in [1.29, 1.82) is 0 Å². The lowest BCUT2D eigenvalue weighted by molar-refractivity contribution is -0.131. The van der Waals surface area contributed by atoms with E-state index in [0.717, 1.165) is 11.1 Å². The molecular weight excluding hydrogens is 324 g/mol. The summed E-state index contributed by atoms with van der Waals surface area (Å²) in [4.78, 5) is 11.9. The van der Waals surface area contributed by atoms with Crippen LogP contribution < -0.4 is 4.74 Å². The fourth-order valence-electron chi connectivity index (χ4n) is 1.95. The molecule has 0 aliphatic rings. The summed E-state index contributed by atoms with van der Waals surface area (Å²) >= 11 is 5.72. The van der Waals surface area contributed by atoms with Crippen molar-refractivity contribution in [3.05, 3.63) is 58.6 Å². The molecule has 0 fully saturated rings. The molecule has 0 unspecified atom stereocenters. The zero-order chi connectivity index (χ0) is 16.3. The summed E-state index contributed by atoms with van der Waals surface area (Å²) in [6.07, 6.45) is 0. The summed E-state index contributed by atoms with van der Waals surface area (Å²) < 4.78 is 29.4. The highest BCUT2D eigenvalue weighted by atomic mass is 35.5. The van der Waals surface area contributed by atoms with Crippen molar-refractivity contribution in [3.8, 4) is 5.75 Å². The Balaban J connectivity index is 2.12. The van der Waals surface area contributed by atoms with Crippen molar-refractivity contribution >= 4 is 27.4 Å². The molecule has 22 heavy (non-hydrogen) atoms. The van der Waals surface area contributed by atoms with Crippen LogP contribution in [0.5, 0.6) is 5.75 Å². The Kier molecular flexibility index (Phi) is 4.88. The number of benzene rings is 2. The molecule has 6 heteroatoms. The molecule has 0 radical (unpaired) electrons. The third kappa shape index (κ3) is 4.08. The average Bonchev–Trinajstić information content (AvgIpc) is 2.42. The second-order valence-corrected chi connectivity index (χ2v) is 7.38. The monoisotopic (exact) mass is 338 g/mol. The van der Waals surface area contributed by atoms with Crippen LogP contribution in [0, 0.1) is 13.8 Å². The van der Waals surface area contributed by atoms with Crippen molar-refractivity contribution in [2.75, 3.05) is 5.75 Å². The lowest BCUT2D eigenvalue weighted by atomic mass is 10.1. The van der Waals surface area contributed by atoms with Gasteiger partial charge in [0.1, 0.15) is 5.75 Å². The van der Waals surface area contributed by atoms with Crippen LogP contribution in [0.1, 0.15) is 11.1 Å². The molecule has 0 bridgehead atoms. The van der Waals surface area contributed by atoms with Gasteiger partial charge in [-0.1, -0.05) is 29.3 Å². The van der Waals surface area contributed by atoms with Crippen molar-refractivity contribution in [3.63, 3.8) is 0 Å². The first-order valence-corrected chi connectivity index (χ1v) is 8.57. The van der Waals surface area contributed by atoms with E-state index < -0.39 is 21.6 Å². The van der Waals surface area contributed by atoms with Crippen LogP contribution >= 0.6 is 11.6 Å². The zero-order valence-corrected chi connectivity index (χ0v) is 13.7. The molecule has 0 atom stereocenters. The highest BCUT2D eigenvalue weighted by molar-refractivity contribution is 7.92. The first kappa shape index (κ1) is 16.5. The van der Waals surface area contributed by atoms with Gasteiger partial charge in [0.05, 0.1) is 4.90 Å². The number of hydrogen-bond acceptors (Lipinski definition) is 4. The highest BCUT2D eigenvalue weighted by Crippen LogP contribution is 2.20. The van der Waals surface area contributed by atoms with Crippen molar-refractivity contribution in [2.45, 2.75) is 18.7 Å². The molecule has 0 aliphatic carbocycles. The molecule has 0 spiro atoms. The molecule has 2 aromatic rings. The number of halogens is 1. The van der Waals surface area contributed by atoms with Gasteiger partial charge in [0.25, 0.3) is 0 Å². The van der Waals surface area contributed by atoms with E-state index in [2.05, 4.69) is 0 Å². The maximum atomic E-state index is 12.1.